The van der Waals surface area contributed by atoms with Gasteiger partial charge in [-0.3, -0.25) is 4.79 Å². The summed E-state index contributed by atoms with van der Waals surface area (Å²) in [5.41, 5.74) is 9.87. The highest BCUT2D eigenvalue weighted by Crippen LogP contribution is 2.29. The molecular weight excluding hydrogens is 417 g/mol. The van der Waals surface area contributed by atoms with E-state index in [1.54, 1.807) is 18.5 Å². The third kappa shape index (κ3) is 4.69. The van der Waals surface area contributed by atoms with E-state index in [2.05, 4.69) is 21.2 Å². The fraction of sp³-hybridized carbons (Fsp3) is 0.154. The minimum absolute atomic E-state index is 0.0488. The first kappa shape index (κ1) is 21.1. The van der Waals surface area contributed by atoms with Gasteiger partial charge in [-0.1, -0.05) is 60.7 Å². The van der Waals surface area contributed by atoms with Gasteiger partial charge in [0.15, 0.2) is 0 Å². The molecule has 166 valence electrons. The lowest BCUT2D eigenvalue weighted by Crippen LogP contribution is -2.40. The Labute approximate surface area is 191 Å². The Morgan fingerprint density at radius 1 is 0.970 bits per heavy atom. The fourth-order valence-corrected chi connectivity index (χ4v) is 4.07. The zero-order valence-corrected chi connectivity index (χ0v) is 17.9. The zero-order valence-electron chi connectivity index (χ0n) is 17.9. The number of benzene rings is 3. The van der Waals surface area contributed by atoms with Gasteiger partial charge in [-0.25, -0.2) is 20.2 Å². The molecule has 1 fully saturated rings. The van der Waals surface area contributed by atoms with Crippen molar-refractivity contribution >= 4 is 11.7 Å². The van der Waals surface area contributed by atoms with Gasteiger partial charge in [0.25, 0.3) is 0 Å². The summed E-state index contributed by atoms with van der Waals surface area (Å²) in [7, 11) is 0. The Kier molecular flexibility index (Phi) is 5.97. The number of hydrazine groups is 1. The van der Waals surface area contributed by atoms with Gasteiger partial charge in [0, 0.05) is 11.6 Å². The second-order valence-corrected chi connectivity index (χ2v) is 8.09. The van der Waals surface area contributed by atoms with Crippen molar-refractivity contribution < 1.29 is 9.18 Å². The highest BCUT2D eigenvalue weighted by molar-refractivity contribution is 5.97. The van der Waals surface area contributed by atoms with Crippen LogP contribution in [0.1, 0.15) is 23.6 Å². The van der Waals surface area contributed by atoms with Gasteiger partial charge in [-0.2, -0.15) is 0 Å². The largest absolute Gasteiger partial charge is 0.312 e. The van der Waals surface area contributed by atoms with Crippen LogP contribution in [0.15, 0.2) is 91.3 Å². The normalized spacial score (nSPS) is 17.7. The minimum Gasteiger partial charge on any atom is -0.312 e. The van der Waals surface area contributed by atoms with Crippen LogP contribution in [0.3, 0.4) is 0 Å². The number of nitrogens with zero attached hydrogens (tertiary/aromatic N) is 2. The highest BCUT2D eigenvalue weighted by atomic mass is 19.1. The Balaban J connectivity index is 1.40. The van der Waals surface area contributed by atoms with Crippen molar-refractivity contribution in [2.45, 2.75) is 25.0 Å². The molecule has 0 spiro atoms. The van der Waals surface area contributed by atoms with Crippen LogP contribution < -0.4 is 16.2 Å². The summed E-state index contributed by atoms with van der Waals surface area (Å²) in [5, 5.41) is 3.07. The molecule has 1 saturated heterocycles. The predicted molar refractivity (Wildman–Crippen MR) is 126 cm³/mol. The minimum atomic E-state index is -0.406. The quantitative estimate of drug-likeness (QED) is 0.418. The van der Waals surface area contributed by atoms with E-state index in [-0.39, 0.29) is 17.8 Å². The lowest BCUT2D eigenvalue weighted by atomic mass is 10.0. The maximum absolute atomic E-state index is 13.5. The van der Waals surface area contributed by atoms with E-state index in [4.69, 9.17) is 0 Å². The van der Waals surface area contributed by atoms with Crippen LogP contribution in [0.4, 0.5) is 10.2 Å². The third-order valence-corrected chi connectivity index (χ3v) is 5.81. The predicted octanol–water partition coefficient (Wildman–Crippen LogP) is 4.28. The van der Waals surface area contributed by atoms with Gasteiger partial charge in [0.1, 0.15) is 23.4 Å². The van der Waals surface area contributed by atoms with E-state index in [0.29, 0.717) is 24.5 Å². The molecule has 1 aromatic heterocycles. The van der Waals surface area contributed by atoms with Gasteiger partial charge in [0.2, 0.25) is 5.91 Å². The molecule has 2 unspecified atom stereocenters. The van der Waals surface area contributed by atoms with Crippen LogP contribution in [0.2, 0.25) is 0 Å². The molecule has 2 heterocycles. The number of imidazole rings is 1. The standard InChI is InChI=1S/C26H24FN5O/c27-21-13-11-20(12-14-21)24-25(32(17-28-24)16-18-7-3-1-4-8-18)29-26(33)23-15-22(30-31-23)19-9-5-2-6-10-19/h1-14,17,22-23,30-31H,15-16H2,(H,29,33). The van der Waals surface area contributed by atoms with Gasteiger partial charge < -0.3 is 9.88 Å². The van der Waals surface area contributed by atoms with Crippen molar-refractivity contribution in [3.8, 4) is 11.3 Å². The number of carbonyl (C=O) groups is 1. The third-order valence-electron chi connectivity index (χ3n) is 5.81. The first-order valence-electron chi connectivity index (χ1n) is 10.9. The maximum atomic E-state index is 13.5. The van der Waals surface area contributed by atoms with E-state index >= 15 is 0 Å². The van der Waals surface area contributed by atoms with Gasteiger partial charge in [-0.05, 0) is 41.8 Å². The average molecular weight is 442 g/mol. The van der Waals surface area contributed by atoms with Gasteiger partial charge in [0.05, 0.1) is 12.9 Å². The summed E-state index contributed by atoms with van der Waals surface area (Å²) in [6.07, 6.45) is 2.32. The summed E-state index contributed by atoms with van der Waals surface area (Å²) in [6.45, 7) is 0.549. The molecule has 0 radical (unpaired) electrons. The van der Waals surface area contributed by atoms with E-state index in [0.717, 1.165) is 16.7 Å². The maximum Gasteiger partial charge on any atom is 0.244 e. The first-order valence-corrected chi connectivity index (χ1v) is 10.9. The number of aromatic nitrogens is 2. The monoisotopic (exact) mass is 441 g/mol. The van der Waals surface area contributed by atoms with Crippen LogP contribution in [-0.2, 0) is 11.3 Å². The molecule has 6 nitrogen and oxygen atoms in total. The molecule has 3 aromatic carbocycles. The molecule has 3 N–H and O–H groups in total. The van der Waals surface area contributed by atoms with Crippen molar-refractivity contribution in [3.63, 3.8) is 0 Å². The average Bonchev–Trinajstić information content (AvgIpc) is 3.49. The molecule has 2 atom stereocenters. The lowest BCUT2D eigenvalue weighted by molar-refractivity contribution is -0.117. The smallest absolute Gasteiger partial charge is 0.244 e. The summed E-state index contributed by atoms with van der Waals surface area (Å²) >= 11 is 0. The molecular formula is C26H24FN5O. The SMILES string of the molecule is O=C(Nc1c(-c2ccc(F)cc2)ncn1Cc1ccccc1)C1CC(c2ccccc2)NN1. The van der Waals surface area contributed by atoms with Crippen LogP contribution in [-0.4, -0.2) is 21.5 Å². The lowest BCUT2D eigenvalue weighted by Gasteiger charge is -2.15. The molecule has 7 heteroatoms. The summed E-state index contributed by atoms with van der Waals surface area (Å²) in [5.74, 6) is 0.112. The number of hydrogen-bond acceptors (Lipinski definition) is 4. The van der Waals surface area contributed by atoms with Crippen LogP contribution in [0.5, 0.6) is 0 Å². The zero-order chi connectivity index (χ0) is 22.6. The van der Waals surface area contributed by atoms with E-state index in [1.807, 2.05) is 65.2 Å². The van der Waals surface area contributed by atoms with Gasteiger partial charge in [-0.15, -0.1) is 0 Å². The Morgan fingerprint density at radius 3 is 2.39 bits per heavy atom. The molecule has 5 rings (SSSR count). The molecule has 1 amide bonds. The second kappa shape index (κ2) is 9.36. The number of amides is 1. The van der Waals surface area contributed by atoms with Crippen molar-refractivity contribution in [3.05, 3.63) is 108 Å². The van der Waals surface area contributed by atoms with Crippen molar-refractivity contribution in [1.29, 1.82) is 0 Å². The van der Waals surface area contributed by atoms with Crippen molar-refractivity contribution in [2.75, 3.05) is 5.32 Å². The second-order valence-electron chi connectivity index (χ2n) is 8.09. The summed E-state index contributed by atoms with van der Waals surface area (Å²) in [6, 6.07) is 25.8. The Hall–Kier alpha value is -3.81. The molecule has 1 aliphatic rings. The van der Waals surface area contributed by atoms with E-state index in [9.17, 15) is 9.18 Å². The number of nitrogens with one attached hydrogen (secondary N) is 3. The first-order chi connectivity index (χ1) is 16.2. The van der Waals surface area contributed by atoms with E-state index in [1.165, 1.54) is 12.1 Å². The Morgan fingerprint density at radius 2 is 1.67 bits per heavy atom. The highest BCUT2D eigenvalue weighted by Gasteiger charge is 2.31. The molecule has 0 bridgehead atoms. The van der Waals surface area contributed by atoms with Gasteiger partial charge >= 0.3 is 0 Å². The molecule has 0 aliphatic carbocycles. The molecule has 1 aliphatic heterocycles. The molecule has 4 aromatic rings. The fourth-order valence-electron chi connectivity index (χ4n) is 4.07. The number of hydrogen-bond donors (Lipinski definition) is 3. The Bertz CT molecular complexity index is 1220. The van der Waals surface area contributed by atoms with Crippen LogP contribution in [0.25, 0.3) is 11.3 Å². The summed E-state index contributed by atoms with van der Waals surface area (Å²) in [4.78, 5) is 17.8. The molecule has 33 heavy (non-hydrogen) atoms. The van der Waals surface area contributed by atoms with E-state index < -0.39 is 6.04 Å². The molecule has 0 saturated carbocycles. The van der Waals surface area contributed by atoms with Crippen LogP contribution >= 0.6 is 0 Å². The van der Waals surface area contributed by atoms with Crippen LogP contribution in [0, 0.1) is 5.82 Å². The number of anilines is 1. The number of carbonyl (C=O) groups excluding carboxylic acids is 1. The van der Waals surface area contributed by atoms with Crippen molar-refractivity contribution in [2.24, 2.45) is 0 Å². The summed E-state index contributed by atoms with van der Waals surface area (Å²) < 4.78 is 15.4. The van der Waals surface area contributed by atoms with Crippen molar-refractivity contribution in [1.82, 2.24) is 20.4 Å². The number of rotatable bonds is 6. The number of halogens is 1. The topological polar surface area (TPSA) is 71.0 Å².